The van der Waals surface area contributed by atoms with Crippen LogP contribution in [0.5, 0.6) is 11.5 Å². The Hall–Kier alpha value is -3.98. The molecule has 0 aromatic heterocycles. The molecule has 2 heterocycles. The third-order valence-electron chi connectivity index (χ3n) is 7.28. The molecule has 1 atom stereocenters. The summed E-state index contributed by atoms with van der Waals surface area (Å²) in [6.07, 6.45) is 0. The van der Waals surface area contributed by atoms with Crippen molar-refractivity contribution in [3.63, 3.8) is 0 Å². The number of phenolic OH excluding ortho intramolecular Hbond substituents is 1. The number of carbonyl (C=O) groups is 2. The molecule has 2 aromatic rings. The van der Waals surface area contributed by atoms with Crippen molar-refractivity contribution in [1.82, 2.24) is 10.2 Å². The van der Waals surface area contributed by atoms with Crippen molar-refractivity contribution in [3.8, 4) is 11.5 Å². The number of carbonyl (C=O) groups excluding carboxylic acids is 2. The van der Waals surface area contributed by atoms with Gasteiger partial charge >= 0.3 is 11.9 Å². The molecule has 0 saturated carbocycles. The maximum absolute atomic E-state index is 13.1. The van der Waals surface area contributed by atoms with Crippen LogP contribution in [0.4, 0.5) is 5.69 Å². The Morgan fingerprint density at radius 3 is 2.21 bits per heavy atom. The van der Waals surface area contributed by atoms with E-state index in [-0.39, 0.29) is 18.1 Å². The number of benzene rings is 2. The number of nitrogens with zero attached hydrogens (tertiary/aromatic N) is 2. The molecule has 0 amide bonds. The molecule has 2 N–H and O–H groups in total. The Morgan fingerprint density at radius 1 is 0.974 bits per heavy atom. The molecule has 1 saturated heterocycles. The number of aromatic hydroxyl groups is 1. The molecule has 2 aliphatic heterocycles. The van der Waals surface area contributed by atoms with Gasteiger partial charge in [-0.25, -0.2) is 9.59 Å². The maximum Gasteiger partial charge on any atom is 0.336 e. The Morgan fingerprint density at radius 2 is 1.62 bits per heavy atom. The lowest BCUT2D eigenvalue weighted by atomic mass is 9.79. The van der Waals surface area contributed by atoms with E-state index in [2.05, 4.69) is 27.2 Å². The van der Waals surface area contributed by atoms with Crippen LogP contribution in [0.2, 0.25) is 0 Å². The van der Waals surface area contributed by atoms with Gasteiger partial charge in [-0.15, -0.1) is 0 Å². The Kier molecular flexibility index (Phi) is 8.81. The first-order chi connectivity index (χ1) is 18.8. The van der Waals surface area contributed by atoms with Crippen molar-refractivity contribution in [2.75, 3.05) is 51.9 Å². The average Bonchev–Trinajstić information content (AvgIpc) is 2.94. The van der Waals surface area contributed by atoms with Gasteiger partial charge in [0.25, 0.3) is 0 Å². The third kappa shape index (κ3) is 5.88. The fourth-order valence-corrected chi connectivity index (χ4v) is 5.36. The number of esters is 2. The molecule has 0 bridgehead atoms. The average molecular weight is 536 g/mol. The lowest BCUT2D eigenvalue weighted by Crippen LogP contribution is -2.46. The van der Waals surface area contributed by atoms with E-state index in [9.17, 15) is 14.7 Å². The summed E-state index contributed by atoms with van der Waals surface area (Å²) in [4.78, 5) is 30.7. The minimum absolute atomic E-state index is 0.0411. The van der Waals surface area contributed by atoms with Gasteiger partial charge in [-0.3, -0.25) is 4.90 Å². The summed E-state index contributed by atoms with van der Waals surface area (Å²) in [5, 5.41) is 14.2. The second kappa shape index (κ2) is 12.3. The van der Waals surface area contributed by atoms with Gasteiger partial charge in [0.2, 0.25) is 0 Å². The van der Waals surface area contributed by atoms with Gasteiger partial charge in [-0.05, 0) is 50.6 Å². The van der Waals surface area contributed by atoms with Crippen molar-refractivity contribution in [3.05, 3.63) is 76.1 Å². The SMILES string of the molecule is CCOC(=O)C1=C(C)NC(C)=C(C(=O)OC)C1c1cc(CN2CCN(c3ccccc3)CC2)c(O)c(OC)c1. The van der Waals surface area contributed by atoms with E-state index in [0.29, 0.717) is 40.2 Å². The van der Waals surface area contributed by atoms with E-state index in [4.69, 9.17) is 14.2 Å². The number of hydrogen-bond acceptors (Lipinski definition) is 9. The van der Waals surface area contributed by atoms with Gasteiger partial charge in [0.05, 0.1) is 37.9 Å². The number of methoxy groups -OCH3 is 2. The highest BCUT2D eigenvalue weighted by molar-refractivity contribution is 6.00. The molecule has 208 valence electrons. The molecule has 9 heteroatoms. The first-order valence-corrected chi connectivity index (χ1v) is 13.1. The summed E-state index contributed by atoms with van der Waals surface area (Å²) in [6.45, 7) is 9.31. The molecule has 2 aromatic carbocycles. The molecule has 1 unspecified atom stereocenters. The summed E-state index contributed by atoms with van der Waals surface area (Å²) in [5.74, 6) is -1.52. The predicted molar refractivity (Wildman–Crippen MR) is 149 cm³/mol. The maximum atomic E-state index is 13.1. The summed E-state index contributed by atoms with van der Waals surface area (Å²) in [7, 11) is 2.80. The van der Waals surface area contributed by atoms with Crippen LogP contribution in [-0.2, 0) is 25.6 Å². The predicted octanol–water partition coefficient (Wildman–Crippen LogP) is 3.69. The topological polar surface area (TPSA) is 101 Å². The monoisotopic (exact) mass is 535 g/mol. The molecule has 0 spiro atoms. The van der Waals surface area contributed by atoms with E-state index >= 15 is 0 Å². The van der Waals surface area contributed by atoms with Gasteiger partial charge in [0.1, 0.15) is 0 Å². The molecular weight excluding hydrogens is 498 g/mol. The largest absolute Gasteiger partial charge is 0.504 e. The highest BCUT2D eigenvalue weighted by Crippen LogP contribution is 2.43. The van der Waals surface area contributed by atoms with E-state index in [1.165, 1.54) is 19.9 Å². The first kappa shape index (κ1) is 28.0. The lowest BCUT2D eigenvalue weighted by Gasteiger charge is -2.36. The van der Waals surface area contributed by atoms with Crippen LogP contribution < -0.4 is 15.0 Å². The van der Waals surface area contributed by atoms with Crippen LogP contribution in [-0.4, -0.2) is 69.0 Å². The van der Waals surface area contributed by atoms with Crippen LogP contribution in [0.15, 0.2) is 65.0 Å². The molecule has 9 nitrogen and oxygen atoms in total. The van der Waals surface area contributed by atoms with Crippen LogP contribution in [0.25, 0.3) is 0 Å². The molecule has 0 aliphatic carbocycles. The number of nitrogens with one attached hydrogen (secondary N) is 1. The number of ether oxygens (including phenoxy) is 3. The highest BCUT2D eigenvalue weighted by atomic mass is 16.5. The number of anilines is 1. The summed E-state index contributed by atoms with van der Waals surface area (Å²) < 4.78 is 16.0. The molecule has 0 radical (unpaired) electrons. The number of piperazine rings is 1. The standard InChI is InChI=1S/C30H37N3O6/c1-6-39-30(36)26-20(3)31-19(2)25(29(35)38-5)27(26)21-16-22(28(34)24(17-21)37-4)18-32-12-14-33(15-13-32)23-10-8-7-9-11-23/h7-11,16-17,27,31,34H,6,12-15,18H2,1-5H3. The first-order valence-electron chi connectivity index (χ1n) is 13.1. The zero-order valence-corrected chi connectivity index (χ0v) is 23.2. The molecular formula is C30H37N3O6. The fraction of sp³-hybridized carbons (Fsp3) is 0.400. The Bertz CT molecular complexity index is 1280. The smallest absolute Gasteiger partial charge is 0.336 e. The number of rotatable bonds is 8. The van der Waals surface area contributed by atoms with Gasteiger partial charge in [0.15, 0.2) is 11.5 Å². The van der Waals surface area contributed by atoms with E-state index in [1.54, 1.807) is 26.8 Å². The molecule has 1 fully saturated rings. The van der Waals surface area contributed by atoms with Crippen LogP contribution in [0, 0.1) is 0 Å². The summed E-state index contributed by atoms with van der Waals surface area (Å²) in [5.41, 5.74) is 4.28. The van der Waals surface area contributed by atoms with Crippen molar-refractivity contribution < 1.29 is 28.9 Å². The third-order valence-corrected chi connectivity index (χ3v) is 7.28. The van der Waals surface area contributed by atoms with E-state index in [0.717, 1.165) is 26.2 Å². The minimum atomic E-state index is -0.763. The number of phenols is 1. The molecule has 39 heavy (non-hydrogen) atoms. The summed E-state index contributed by atoms with van der Waals surface area (Å²) >= 11 is 0. The number of dihydropyridines is 1. The van der Waals surface area contributed by atoms with E-state index < -0.39 is 17.9 Å². The quantitative estimate of drug-likeness (QED) is 0.490. The van der Waals surface area contributed by atoms with Crippen molar-refractivity contribution in [1.29, 1.82) is 0 Å². The Labute approximate surface area is 229 Å². The molecule has 2 aliphatic rings. The van der Waals surface area contributed by atoms with Crippen LogP contribution in [0.3, 0.4) is 0 Å². The zero-order valence-electron chi connectivity index (χ0n) is 23.2. The number of allylic oxidation sites excluding steroid dienone is 2. The van der Waals surface area contributed by atoms with Crippen LogP contribution in [0.1, 0.15) is 37.8 Å². The highest BCUT2D eigenvalue weighted by Gasteiger charge is 2.38. The van der Waals surface area contributed by atoms with Crippen LogP contribution >= 0.6 is 0 Å². The normalized spacial score (nSPS) is 18.1. The second-order valence-corrected chi connectivity index (χ2v) is 9.68. The molecule has 4 rings (SSSR count). The van der Waals surface area contributed by atoms with Gasteiger partial charge in [0, 0.05) is 55.4 Å². The van der Waals surface area contributed by atoms with Gasteiger partial charge in [-0.1, -0.05) is 18.2 Å². The summed E-state index contributed by atoms with van der Waals surface area (Å²) in [6, 6.07) is 13.8. The van der Waals surface area contributed by atoms with Gasteiger partial charge < -0.3 is 29.5 Å². The van der Waals surface area contributed by atoms with Crippen molar-refractivity contribution in [2.24, 2.45) is 0 Å². The number of hydrogen-bond donors (Lipinski definition) is 2. The van der Waals surface area contributed by atoms with Crippen molar-refractivity contribution in [2.45, 2.75) is 33.2 Å². The minimum Gasteiger partial charge on any atom is -0.504 e. The van der Waals surface area contributed by atoms with E-state index in [1.807, 2.05) is 24.3 Å². The second-order valence-electron chi connectivity index (χ2n) is 9.68. The zero-order chi connectivity index (χ0) is 28.1. The fourth-order valence-electron chi connectivity index (χ4n) is 5.36. The number of para-hydroxylation sites is 1. The Balaban J connectivity index is 1.69. The van der Waals surface area contributed by atoms with Gasteiger partial charge in [-0.2, -0.15) is 0 Å². The van der Waals surface area contributed by atoms with Crippen molar-refractivity contribution >= 4 is 17.6 Å². The lowest BCUT2D eigenvalue weighted by molar-refractivity contribution is -0.139.